The molecule has 3 aromatic rings. The van der Waals surface area contributed by atoms with Crippen LogP contribution in [0.5, 0.6) is 0 Å². The van der Waals surface area contributed by atoms with Gasteiger partial charge in [0, 0.05) is 0 Å². The Morgan fingerprint density at radius 3 is 2.71 bits per heavy atom. The summed E-state index contributed by atoms with van der Waals surface area (Å²) in [4.78, 5) is 23.5. The Morgan fingerprint density at radius 2 is 2.03 bits per heavy atom. The van der Waals surface area contributed by atoms with Crippen LogP contribution in [0.1, 0.15) is 38.9 Å². The van der Waals surface area contributed by atoms with Crippen molar-refractivity contribution in [3.05, 3.63) is 30.1 Å². The summed E-state index contributed by atoms with van der Waals surface area (Å²) in [6.07, 6.45) is 3.11. The molecular formula is C22H29AsN4O3S. The van der Waals surface area contributed by atoms with E-state index < -0.39 is 9.84 Å². The summed E-state index contributed by atoms with van der Waals surface area (Å²) in [6, 6.07) is 8.01. The zero-order valence-electron chi connectivity index (χ0n) is 18.0. The number of hydrogen-bond donors (Lipinski definition) is 0. The van der Waals surface area contributed by atoms with E-state index in [0.29, 0.717) is 13.0 Å². The topological polar surface area (TPSA) is 85.2 Å². The van der Waals surface area contributed by atoms with Crippen molar-refractivity contribution in [1.29, 1.82) is 0 Å². The van der Waals surface area contributed by atoms with E-state index in [0.717, 1.165) is 58.0 Å². The normalized spacial score (nSPS) is 18.1. The molecule has 0 aliphatic carbocycles. The first-order valence-corrected chi connectivity index (χ1v) is 13.8. The number of rotatable bonds is 7. The molecule has 7 nitrogen and oxygen atoms in total. The fraction of sp³-hybridized carbons (Fsp3) is 0.500. The SMILES string of the molecule is CCc1nc2c([AsH2])nc3ccccc3c2n1CCCCN(C(C)=O)C1CCS(=O)(=O)C1. The van der Waals surface area contributed by atoms with E-state index in [9.17, 15) is 13.2 Å². The number of para-hydroxylation sites is 1. The molecule has 0 radical (unpaired) electrons. The second-order valence-electron chi connectivity index (χ2n) is 8.22. The van der Waals surface area contributed by atoms with Gasteiger partial charge in [-0.25, -0.2) is 8.42 Å². The Bertz CT molecular complexity index is 1240. The zero-order valence-corrected chi connectivity index (χ0v) is 21.3. The number of aromatic nitrogens is 3. The van der Waals surface area contributed by atoms with Crippen LogP contribution in [0, 0.1) is 0 Å². The second kappa shape index (κ2) is 8.91. The fourth-order valence-electron chi connectivity index (χ4n) is 4.59. The van der Waals surface area contributed by atoms with Crippen LogP contribution in [0.25, 0.3) is 21.9 Å². The van der Waals surface area contributed by atoms with Gasteiger partial charge in [-0.2, -0.15) is 0 Å². The summed E-state index contributed by atoms with van der Waals surface area (Å²) in [7, 11) is -3.01. The van der Waals surface area contributed by atoms with Crippen LogP contribution in [-0.2, 0) is 27.6 Å². The molecule has 1 aliphatic heterocycles. The third-order valence-corrected chi connectivity index (χ3v) is 8.68. The predicted molar refractivity (Wildman–Crippen MR) is 126 cm³/mol. The third kappa shape index (κ3) is 4.51. The van der Waals surface area contributed by atoms with Gasteiger partial charge in [-0.3, -0.25) is 0 Å². The Labute approximate surface area is 191 Å². The molecule has 1 fully saturated rings. The van der Waals surface area contributed by atoms with Gasteiger partial charge < -0.3 is 0 Å². The Balaban J connectivity index is 1.53. The first kappa shape index (κ1) is 22.3. The number of carbonyl (C=O) groups is 1. The number of amides is 1. The van der Waals surface area contributed by atoms with Gasteiger partial charge in [0.05, 0.1) is 0 Å². The predicted octanol–water partition coefficient (Wildman–Crippen LogP) is 1.22. The Hall–Kier alpha value is -1.92. The fourth-order valence-corrected chi connectivity index (χ4v) is 7.03. The van der Waals surface area contributed by atoms with E-state index >= 15 is 0 Å². The molecule has 3 heterocycles. The van der Waals surface area contributed by atoms with Crippen LogP contribution in [0.3, 0.4) is 0 Å². The van der Waals surface area contributed by atoms with Crippen LogP contribution >= 0.6 is 0 Å². The number of hydrogen-bond acceptors (Lipinski definition) is 5. The van der Waals surface area contributed by atoms with E-state index in [4.69, 9.17) is 9.97 Å². The molecule has 1 aromatic carbocycles. The van der Waals surface area contributed by atoms with Gasteiger partial charge in [0.2, 0.25) is 0 Å². The number of sulfone groups is 1. The van der Waals surface area contributed by atoms with Crippen molar-refractivity contribution < 1.29 is 13.2 Å². The van der Waals surface area contributed by atoms with Crippen molar-refractivity contribution in [2.45, 2.75) is 52.1 Å². The van der Waals surface area contributed by atoms with Gasteiger partial charge in [-0.15, -0.1) is 0 Å². The second-order valence-corrected chi connectivity index (χ2v) is 11.6. The van der Waals surface area contributed by atoms with E-state index in [1.807, 2.05) is 18.2 Å². The molecule has 166 valence electrons. The first-order chi connectivity index (χ1) is 14.8. The summed E-state index contributed by atoms with van der Waals surface area (Å²) >= 11 is 1.48. The number of carbonyl (C=O) groups excluding carboxylic acids is 1. The number of pyridine rings is 1. The van der Waals surface area contributed by atoms with Gasteiger partial charge in [-0.1, -0.05) is 0 Å². The van der Waals surface area contributed by atoms with E-state index in [2.05, 4.69) is 17.6 Å². The van der Waals surface area contributed by atoms with Crippen molar-refractivity contribution in [3.8, 4) is 0 Å². The minimum atomic E-state index is -3.01. The van der Waals surface area contributed by atoms with Crippen molar-refractivity contribution in [2.75, 3.05) is 18.1 Å². The van der Waals surface area contributed by atoms with Crippen LogP contribution < -0.4 is 4.48 Å². The van der Waals surface area contributed by atoms with Crippen LogP contribution in [0.4, 0.5) is 0 Å². The molecule has 9 heteroatoms. The third-order valence-electron chi connectivity index (χ3n) is 6.09. The molecule has 4 rings (SSSR count). The maximum absolute atomic E-state index is 12.1. The molecule has 1 saturated heterocycles. The van der Waals surface area contributed by atoms with Gasteiger partial charge in [0.15, 0.2) is 0 Å². The average molecular weight is 504 g/mol. The molecule has 1 aliphatic rings. The molecule has 2 aromatic heterocycles. The van der Waals surface area contributed by atoms with Crippen molar-refractivity contribution in [3.63, 3.8) is 0 Å². The average Bonchev–Trinajstić information content (AvgIpc) is 3.28. The Morgan fingerprint density at radius 1 is 1.26 bits per heavy atom. The summed E-state index contributed by atoms with van der Waals surface area (Å²) in [5.41, 5.74) is 3.12. The molecule has 1 amide bonds. The summed E-state index contributed by atoms with van der Waals surface area (Å²) in [6.45, 7) is 5.06. The summed E-state index contributed by atoms with van der Waals surface area (Å²) < 4.78 is 27.0. The number of imidazole rings is 1. The molecule has 2 atom stereocenters. The van der Waals surface area contributed by atoms with E-state index in [1.54, 1.807) is 4.90 Å². The standard InChI is InChI=1S/C22H29AsN4O3S/c1-3-19-25-20-21(17-8-4-5-9-18(17)24-22(20)23)27(19)12-7-6-11-26(15(2)28)16-10-13-31(29,30)14-16/h4-5,8-9,16H,3,6-7,10-14,23H2,1-2H3. The van der Waals surface area contributed by atoms with Crippen molar-refractivity contribution >= 4 is 59.0 Å². The van der Waals surface area contributed by atoms with E-state index in [1.165, 1.54) is 23.8 Å². The molecule has 31 heavy (non-hydrogen) atoms. The Kier molecular flexibility index (Phi) is 6.40. The van der Waals surface area contributed by atoms with Gasteiger partial charge in [0.1, 0.15) is 0 Å². The van der Waals surface area contributed by atoms with Crippen LogP contribution in [0.15, 0.2) is 24.3 Å². The monoisotopic (exact) mass is 504 g/mol. The molecule has 0 bridgehead atoms. The number of aryl methyl sites for hydroxylation is 2. The molecule has 2 unspecified atom stereocenters. The number of fused-ring (bicyclic) bond motifs is 3. The van der Waals surface area contributed by atoms with Crippen molar-refractivity contribution in [1.82, 2.24) is 19.4 Å². The van der Waals surface area contributed by atoms with Gasteiger partial charge in [0.25, 0.3) is 0 Å². The zero-order chi connectivity index (χ0) is 22.2. The molecule has 0 saturated carbocycles. The summed E-state index contributed by atoms with van der Waals surface area (Å²) in [5, 5.41) is 1.12. The number of nitrogens with zero attached hydrogens (tertiary/aromatic N) is 4. The van der Waals surface area contributed by atoms with E-state index in [-0.39, 0.29) is 23.5 Å². The van der Waals surface area contributed by atoms with Gasteiger partial charge in [-0.05, 0) is 0 Å². The van der Waals surface area contributed by atoms with Gasteiger partial charge >= 0.3 is 184 Å². The van der Waals surface area contributed by atoms with Crippen LogP contribution in [-0.4, -0.2) is 74.7 Å². The quantitative estimate of drug-likeness (QED) is 0.357. The van der Waals surface area contributed by atoms with Crippen molar-refractivity contribution in [2.24, 2.45) is 0 Å². The maximum atomic E-state index is 12.1. The molecule has 0 spiro atoms. The summed E-state index contributed by atoms with van der Waals surface area (Å²) in [5.74, 6) is 1.29. The first-order valence-electron chi connectivity index (χ1n) is 10.8. The number of benzene rings is 1. The molecule has 0 N–H and O–H groups in total. The minimum absolute atomic E-state index is 0.0423. The van der Waals surface area contributed by atoms with Crippen LogP contribution in [0.2, 0.25) is 0 Å². The number of unbranched alkanes of at least 4 members (excludes halogenated alkanes) is 1. The molecular weight excluding hydrogens is 475 g/mol.